The smallest absolute Gasteiger partial charge is 0.233 e. The SMILES string of the molecule is CC1=CC(=O)C2=C(C1=O)[C@@H](c1cc(Br)ccc1O)C1=CC[C@@H]3C(=O)N(C4CCN(Cc5ccccc5)CC4)C(=O)[C@@H]3[C@@H]1C2. The van der Waals surface area contributed by atoms with Crippen LogP contribution in [0.25, 0.3) is 0 Å². The molecule has 4 atom stereocenters. The second-order valence-electron chi connectivity index (χ2n) is 12.5. The van der Waals surface area contributed by atoms with Crippen LogP contribution in [0.1, 0.15) is 49.7 Å². The van der Waals surface area contributed by atoms with E-state index in [1.807, 2.05) is 24.3 Å². The number of likely N-dealkylation sites (tertiary alicyclic amines) is 2. The summed E-state index contributed by atoms with van der Waals surface area (Å²) in [5.74, 6) is -2.82. The number of carbonyl (C=O) groups excluding carboxylic acids is 4. The van der Waals surface area contributed by atoms with E-state index in [2.05, 4.69) is 33.0 Å². The summed E-state index contributed by atoms with van der Waals surface area (Å²) >= 11 is 3.50. The van der Waals surface area contributed by atoms with Crippen molar-refractivity contribution in [1.82, 2.24) is 9.80 Å². The minimum absolute atomic E-state index is 0.0221. The number of ketones is 2. The summed E-state index contributed by atoms with van der Waals surface area (Å²) in [6.07, 6.45) is 5.49. The van der Waals surface area contributed by atoms with Crippen LogP contribution in [0.4, 0.5) is 0 Å². The Hall–Kier alpha value is -3.62. The van der Waals surface area contributed by atoms with E-state index >= 15 is 0 Å². The lowest BCUT2D eigenvalue weighted by Crippen LogP contribution is -2.47. The van der Waals surface area contributed by atoms with E-state index in [0.29, 0.717) is 28.7 Å². The molecule has 1 N–H and O–H groups in total. The predicted octanol–water partition coefficient (Wildman–Crippen LogP) is 5.25. The number of benzene rings is 2. The van der Waals surface area contributed by atoms with Crippen molar-refractivity contribution in [1.29, 1.82) is 0 Å². The Kier molecular flexibility index (Phi) is 7.09. The fourth-order valence-corrected chi connectivity index (χ4v) is 8.41. The first kappa shape index (κ1) is 28.2. The Morgan fingerprint density at radius 1 is 0.953 bits per heavy atom. The van der Waals surface area contributed by atoms with E-state index in [0.717, 1.165) is 42.5 Å². The highest BCUT2D eigenvalue weighted by Crippen LogP contribution is 2.56. The number of amides is 2. The molecule has 0 unspecified atom stereocenters. The van der Waals surface area contributed by atoms with Crippen molar-refractivity contribution >= 4 is 39.3 Å². The fourth-order valence-electron chi connectivity index (χ4n) is 8.03. The van der Waals surface area contributed by atoms with Gasteiger partial charge in [-0.2, -0.15) is 0 Å². The molecule has 7 nitrogen and oxygen atoms in total. The third-order valence-electron chi connectivity index (χ3n) is 10.1. The first-order valence-corrected chi connectivity index (χ1v) is 15.8. The Bertz CT molecular complexity index is 1650. The molecular formula is C35H33BrN2O5. The van der Waals surface area contributed by atoms with E-state index < -0.39 is 23.7 Å². The van der Waals surface area contributed by atoms with Crippen molar-refractivity contribution in [3.63, 3.8) is 0 Å². The molecule has 3 aliphatic carbocycles. The Labute approximate surface area is 259 Å². The molecule has 0 saturated carbocycles. The van der Waals surface area contributed by atoms with Gasteiger partial charge in [0.15, 0.2) is 11.6 Å². The van der Waals surface area contributed by atoms with Crippen LogP contribution < -0.4 is 0 Å². The minimum Gasteiger partial charge on any atom is -0.508 e. The Morgan fingerprint density at radius 3 is 2.44 bits per heavy atom. The molecule has 0 radical (unpaired) electrons. The van der Waals surface area contributed by atoms with Crippen molar-refractivity contribution in [2.45, 2.75) is 51.1 Å². The average Bonchev–Trinajstić information content (AvgIpc) is 3.26. The largest absolute Gasteiger partial charge is 0.508 e. The number of rotatable bonds is 4. The molecule has 220 valence electrons. The van der Waals surface area contributed by atoms with E-state index in [-0.39, 0.29) is 41.6 Å². The third kappa shape index (κ3) is 4.66. The number of imide groups is 1. The molecule has 5 aliphatic rings. The number of fused-ring (bicyclic) bond motifs is 3. The highest BCUT2D eigenvalue weighted by atomic mass is 79.9. The molecule has 2 amide bonds. The summed E-state index contributed by atoms with van der Waals surface area (Å²) in [5, 5.41) is 11.0. The van der Waals surface area contributed by atoms with Gasteiger partial charge in [0, 0.05) is 58.3 Å². The van der Waals surface area contributed by atoms with Crippen molar-refractivity contribution < 1.29 is 24.3 Å². The summed E-state index contributed by atoms with van der Waals surface area (Å²) in [6.45, 7) is 4.10. The number of aromatic hydroxyl groups is 1. The molecule has 2 fully saturated rings. The minimum atomic E-state index is -0.662. The number of phenols is 1. The molecule has 0 bridgehead atoms. The second-order valence-corrected chi connectivity index (χ2v) is 13.4. The number of hydrogen-bond acceptors (Lipinski definition) is 6. The zero-order valence-corrected chi connectivity index (χ0v) is 25.5. The van der Waals surface area contributed by atoms with E-state index in [9.17, 15) is 24.3 Å². The van der Waals surface area contributed by atoms with Gasteiger partial charge in [-0.15, -0.1) is 0 Å². The summed E-state index contributed by atoms with van der Waals surface area (Å²) in [4.78, 5) is 58.9. The predicted molar refractivity (Wildman–Crippen MR) is 164 cm³/mol. The van der Waals surface area contributed by atoms with Crippen LogP contribution in [0.5, 0.6) is 5.75 Å². The van der Waals surface area contributed by atoms with Crippen LogP contribution in [0.15, 0.2) is 87.4 Å². The van der Waals surface area contributed by atoms with Gasteiger partial charge >= 0.3 is 0 Å². The van der Waals surface area contributed by atoms with Gasteiger partial charge in [0.05, 0.1) is 11.8 Å². The van der Waals surface area contributed by atoms with Gasteiger partial charge in [0.2, 0.25) is 11.8 Å². The Balaban J connectivity index is 1.19. The normalized spacial score (nSPS) is 28.0. The molecule has 2 heterocycles. The summed E-state index contributed by atoms with van der Waals surface area (Å²) in [5.41, 5.74) is 3.77. The number of allylic oxidation sites excluding steroid dienone is 6. The first-order valence-electron chi connectivity index (χ1n) is 15.0. The second kappa shape index (κ2) is 10.8. The van der Waals surface area contributed by atoms with Gasteiger partial charge < -0.3 is 5.11 Å². The van der Waals surface area contributed by atoms with Gasteiger partial charge in [0.25, 0.3) is 0 Å². The molecule has 43 heavy (non-hydrogen) atoms. The van der Waals surface area contributed by atoms with Crippen LogP contribution >= 0.6 is 15.9 Å². The number of nitrogens with zero attached hydrogens (tertiary/aromatic N) is 2. The van der Waals surface area contributed by atoms with E-state index in [1.165, 1.54) is 11.6 Å². The molecular weight excluding hydrogens is 608 g/mol. The summed E-state index contributed by atoms with van der Waals surface area (Å²) < 4.78 is 0.734. The molecule has 7 rings (SSSR count). The number of carbonyl (C=O) groups is 4. The lowest BCUT2D eigenvalue weighted by atomic mass is 9.59. The van der Waals surface area contributed by atoms with Crippen LogP contribution in [0.2, 0.25) is 0 Å². The molecule has 0 aromatic heterocycles. The van der Waals surface area contributed by atoms with Gasteiger partial charge in [0.1, 0.15) is 5.75 Å². The lowest BCUT2D eigenvalue weighted by Gasteiger charge is -2.42. The number of halogens is 1. The van der Waals surface area contributed by atoms with Crippen LogP contribution in [-0.2, 0) is 25.7 Å². The monoisotopic (exact) mass is 640 g/mol. The van der Waals surface area contributed by atoms with Crippen molar-refractivity contribution in [3.05, 3.63) is 98.6 Å². The van der Waals surface area contributed by atoms with Crippen molar-refractivity contribution in [3.8, 4) is 5.75 Å². The van der Waals surface area contributed by atoms with Crippen LogP contribution in [-0.4, -0.2) is 57.4 Å². The summed E-state index contributed by atoms with van der Waals surface area (Å²) in [7, 11) is 0. The number of Topliss-reactive ketones (excluding diaryl/α,β-unsaturated/α-hetero) is 1. The molecule has 2 aromatic carbocycles. The van der Waals surface area contributed by atoms with Crippen LogP contribution in [0, 0.1) is 17.8 Å². The molecule has 2 aromatic rings. The Morgan fingerprint density at radius 2 is 1.70 bits per heavy atom. The van der Waals surface area contributed by atoms with E-state index in [4.69, 9.17) is 0 Å². The average molecular weight is 642 g/mol. The van der Waals surface area contributed by atoms with Gasteiger partial charge in [-0.25, -0.2) is 0 Å². The van der Waals surface area contributed by atoms with Crippen molar-refractivity contribution in [2.75, 3.05) is 13.1 Å². The van der Waals surface area contributed by atoms with Crippen LogP contribution in [0.3, 0.4) is 0 Å². The third-order valence-corrected chi connectivity index (χ3v) is 10.6. The molecule has 8 heteroatoms. The van der Waals surface area contributed by atoms with Crippen molar-refractivity contribution in [2.24, 2.45) is 17.8 Å². The van der Waals surface area contributed by atoms with Gasteiger partial charge in [-0.1, -0.05) is 57.9 Å². The standard InChI is InChI=1S/C35H33BrN2O5/c1-19-15-29(40)27-17-25-23(30(32(27)33(19)41)26-16-21(36)7-10-28(26)39)8-9-24-31(25)35(43)38(34(24)42)22-11-13-37(14-12-22)18-20-5-3-2-4-6-20/h2-8,10,15-16,22,24-25,30-31,39H,9,11-14,17-18H2,1H3/t24-,25+,30+,31-/m0/s1. The highest BCUT2D eigenvalue weighted by Gasteiger charge is 2.57. The van der Waals surface area contributed by atoms with Gasteiger partial charge in [-0.05, 0) is 68.4 Å². The zero-order valence-electron chi connectivity index (χ0n) is 24.0. The maximum Gasteiger partial charge on any atom is 0.233 e. The molecule has 2 saturated heterocycles. The first-order chi connectivity index (χ1) is 20.7. The maximum absolute atomic E-state index is 14.2. The molecule has 2 aliphatic heterocycles. The fraction of sp³-hybridized carbons (Fsp3) is 0.371. The summed E-state index contributed by atoms with van der Waals surface area (Å²) in [6, 6.07) is 15.2. The number of phenolic OH excluding ortho intramolecular Hbond substituents is 1. The van der Waals surface area contributed by atoms with E-state index in [1.54, 1.807) is 30.0 Å². The topological polar surface area (TPSA) is 95.0 Å². The number of hydrogen-bond donors (Lipinski definition) is 1. The highest BCUT2D eigenvalue weighted by molar-refractivity contribution is 9.10. The maximum atomic E-state index is 14.2. The molecule has 0 spiro atoms. The van der Waals surface area contributed by atoms with Gasteiger partial charge in [-0.3, -0.25) is 29.0 Å². The lowest BCUT2D eigenvalue weighted by molar-refractivity contribution is -0.144. The number of piperidine rings is 1. The zero-order chi connectivity index (χ0) is 30.0. The quantitative estimate of drug-likeness (QED) is 0.279.